The molecule has 1 aromatic heterocycles. The van der Waals surface area contributed by atoms with Crippen molar-refractivity contribution in [3.8, 4) is 11.5 Å². The van der Waals surface area contributed by atoms with E-state index in [-0.39, 0.29) is 12.7 Å². The Morgan fingerprint density at radius 3 is 2.62 bits per heavy atom. The molecule has 5 heteroatoms. The summed E-state index contributed by atoms with van der Waals surface area (Å²) in [6.45, 7) is 4.49. The second kappa shape index (κ2) is 5.67. The van der Waals surface area contributed by atoms with Crippen LogP contribution >= 0.6 is 0 Å². The number of rotatable bonds is 3. The van der Waals surface area contributed by atoms with E-state index in [0.717, 1.165) is 39.7 Å². The molecule has 3 aromatic rings. The lowest BCUT2D eigenvalue weighted by molar-refractivity contribution is 0.174. The smallest absolute Gasteiger partial charge is 0.231 e. The van der Waals surface area contributed by atoms with E-state index in [1.807, 2.05) is 43.4 Å². The SMILES string of the molecule is CC(C)c1nc(N(C)c2ccc3c(c2)OCO3)c2ccccc2n1. The first-order chi connectivity index (χ1) is 11.6. The number of fused-ring (bicyclic) bond motifs is 2. The number of ether oxygens (including phenoxy) is 2. The van der Waals surface area contributed by atoms with Crippen molar-refractivity contribution in [1.29, 1.82) is 0 Å². The highest BCUT2D eigenvalue weighted by Crippen LogP contribution is 2.38. The third kappa shape index (κ3) is 2.42. The molecule has 0 saturated carbocycles. The number of anilines is 2. The van der Waals surface area contributed by atoms with Gasteiger partial charge in [-0.15, -0.1) is 0 Å². The van der Waals surface area contributed by atoms with Gasteiger partial charge in [-0.3, -0.25) is 0 Å². The Morgan fingerprint density at radius 1 is 1.00 bits per heavy atom. The van der Waals surface area contributed by atoms with Crippen molar-refractivity contribution in [2.75, 3.05) is 18.7 Å². The molecule has 0 radical (unpaired) electrons. The Labute approximate surface area is 140 Å². The molecule has 2 heterocycles. The van der Waals surface area contributed by atoms with Crippen LogP contribution in [0.5, 0.6) is 11.5 Å². The molecule has 1 aliphatic rings. The molecule has 0 atom stereocenters. The van der Waals surface area contributed by atoms with Gasteiger partial charge in [0, 0.05) is 30.1 Å². The molecule has 4 rings (SSSR count). The van der Waals surface area contributed by atoms with Crippen molar-refractivity contribution in [3.05, 3.63) is 48.3 Å². The van der Waals surface area contributed by atoms with Gasteiger partial charge < -0.3 is 14.4 Å². The van der Waals surface area contributed by atoms with Crippen molar-refractivity contribution in [2.24, 2.45) is 0 Å². The van der Waals surface area contributed by atoms with E-state index < -0.39 is 0 Å². The van der Waals surface area contributed by atoms with Gasteiger partial charge >= 0.3 is 0 Å². The minimum Gasteiger partial charge on any atom is -0.454 e. The summed E-state index contributed by atoms with van der Waals surface area (Å²) in [5.74, 6) is 3.54. The number of benzene rings is 2. The fourth-order valence-corrected chi connectivity index (χ4v) is 2.81. The maximum atomic E-state index is 5.49. The van der Waals surface area contributed by atoms with Crippen LogP contribution in [0.25, 0.3) is 10.9 Å². The highest BCUT2D eigenvalue weighted by atomic mass is 16.7. The Hall–Kier alpha value is -2.82. The van der Waals surface area contributed by atoms with Crippen LogP contribution in [0.15, 0.2) is 42.5 Å². The molecule has 0 N–H and O–H groups in total. The Morgan fingerprint density at radius 2 is 1.79 bits per heavy atom. The van der Waals surface area contributed by atoms with E-state index in [2.05, 4.69) is 29.8 Å². The van der Waals surface area contributed by atoms with Crippen LogP contribution in [0.3, 0.4) is 0 Å². The average molecular weight is 321 g/mol. The third-order valence-electron chi connectivity index (χ3n) is 4.18. The summed E-state index contributed by atoms with van der Waals surface area (Å²) in [6.07, 6.45) is 0. The minimum atomic E-state index is 0.263. The normalized spacial score (nSPS) is 12.8. The van der Waals surface area contributed by atoms with E-state index in [4.69, 9.17) is 14.5 Å². The van der Waals surface area contributed by atoms with Gasteiger partial charge in [0.1, 0.15) is 11.6 Å². The molecule has 0 fully saturated rings. The van der Waals surface area contributed by atoms with Gasteiger partial charge in [-0.05, 0) is 24.3 Å². The average Bonchev–Trinajstić information content (AvgIpc) is 3.07. The summed E-state index contributed by atoms with van der Waals surface area (Å²) >= 11 is 0. The minimum absolute atomic E-state index is 0.263. The van der Waals surface area contributed by atoms with Crippen LogP contribution in [-0.2, 0) is 0 Å². The van der Waals surface area contributed by atoms with Gasteiger partial charge in [-0.25, -0.2) is 9.97 Å². The maximum absolute atomic E-state index is 5.49. The first kappa shape index (κ1) is 14.8. The Balaban J connectivity index is 1.85. The summed E-state index contributed by atoms with van der Waals surface area (Å²) in [5.41, 5.74) is 1.96. The van der Waals surface area contributed by atoms with Crippen LogP contribution in [-0.4, -0.2) is 23.8 Å². The van der Waals surface area contributed by atoms with Gasteiger partial charge in [0.25, 0.3) is 0 Å². The van der Waals surface area contributed by atoms with Crippen molar-refractivity contribution in [2.45, 2.75) is 19.8 Å². The molecule has 0 bridgehead atoms. The maximum Gasteiger partial charge on any atom is 0.231 e. The first-order valence-corrected chi connectivity index (χ1v) is 8.03. The van der Waals surface area contributed by atoms with Crippen LogP contribution in [0, 0.1) is 0 Å². The van der Waals surface area contributed by atoms with Crippen molar-refractivity contribution in [3.63, 3.8) is 0 Å². The zero-order valence-electron chi connectivity index (χ0n) is 14.0. The Bertz CT molecular complexity index is 908. The number of para-hydroxylation sites is 1. The standard InChI is InChI=1S/C19H19N3O2/c1-12(2)18-20-15-7-5-4-6-14(15)19(21-18)22(3)13-8-9-16-17(10-13)24-11-23-16/h4-10,12H,11H2,1-3H3. The third-order valence-corrected chi connectivity index (χ3v) is 4.18. The summed E-state index contributed by atoms with van der Waals surface area (Å²) in [7, 11) is 2.01. The van der Waals surface area contributed by atoms with Gasteiger partial charge in [0.05, 0.1) is 5.52 Å². The summed E-state index contributed by atoms with van der Waals surface area (Å²) in [6, 6.07) is 14.0. The van der Waals surface area contributed by atoms with Crippen LogP contribution in [0.1, 0.15) is 25.6 Å². The van der Waals surface area contributed by atoms with Crippen LogP contribution in [0.4, 0.5) is 11.5 Å². The van der Waals surface area contributed by atoms with E-state index in [0.29, 0.717) is 0 Å². The number of nitrogens with zero attached hydrogens (tertiary/aromatic N) is 3. The topological polar surface area (TPSA) is 47.5 Å². The fourth-order valence-electron chi connectivity index (χ4n) is 2.81. The molecule has 5 nitrogen and oxygen atoms in total. The first-order valence-electron chi connectivity index (χ1n) is 8.03. The fraction of sp³-hybridized carbons (Fsp3) is 0.263. The molecular weight excluding hydrogens is 302 g/mol. The molecule has 2 aromatic carbocycles. The second-order valence-electron chi connectivity index (χ2n) is 6.17. The van der Waals surface area contributed by atoms with Crippen molar-refractivity contribution < 1.29 is 9.47 Å². The lowest BCUT2D eigenvalue weighted by atomic mass is 10.1. The summed E-state index contributed by atoms with van der Waals surface area (Å²) in [4.78, 5) is 11.6. The molecule has 1 aliphatic heterocycles. The molecule has 0 aliphatic carbocycles. The predicted octanol–water partition coefficient (Wildman–Crippen LogP) is 4.25. The molecule has 0 unspecified atom stereocenters. The van der Waals surface area contributed by atoms with Gasteiger partial charge in [0.15, 0.2) is 11.5 Å². The highest BCUT2D eigenvalue weighted by Gasteiger charge is 2.18. The van der Waals surface area contributed by atoms with Crippen molar-refractivity contribution >= 4 is 22.4 Å². The van der Waals surface area contributed by atoms with Crippen LogP contribution < -0.4 is 14.4 Å². The largest absolute Gasteiger partial charge is 0.454 e. The van der Waals surface area contributed by atoms with Crippen LogP contribution in [0.2, 0.25) is 0 Å². The lowest BCUT2D eigenvalue weighted by Gasteiger charge is -2.21. The lowest BCUT2D eigenvalue weighted by Crippen LogP contribution is -2.14. The monoisotopic (exact) mass is 321 g/mol. The van der Waals surface area contributed by atoms with E-state index in [1.54, 1.807) is 0 Å². The zero-order chi connectivity index (χ0) is 16.7. The second-order valence-corrected chi connectivity index (χ2v) is 6.17. The van der Waals surface area contributed by atoms with E-state index in [9.17, 15) is 0 Å². The molecule has 0 saturated heterocycles. The zero-order valence-corrected chi connectivity index (χ0v) is 14.0. The molecule has 0 spiro atoms. The molecular formula is C19H19N3O2. The van der Waals surface area contributed by atoms with Gasteiger partial charge in [-0.1, -0.05) is 26.0 Å². The van der Waals surface area contributed by atoms with E-state index in [1.165, 1.54) is 0 Å². The predicted molar refractivity (Wildman–Crippen MR) is 94.3 cm³/mol. The van der Waals surface area contributed by atoms with E-state index >= 15 is 0 Å². The highest BCUT2D eigenvalue weighted by molar-refractivity contribution is 5.91. The number of aromatic nitrogens is 2. The molecule has 122 valence electrons. The van der Waals surface area contributed by atoms with Crippen molar-refractivity contribution in [1.82, 2.24) is 9.97 Å². The molecule has 24 heavy (non-hydrogen) atoms. The molecule has 0 amide bonds. The summed E-state index contributed by atoms with van der Waals surface area (Å²) < 4.78 is 10.9. The Kier molecular flexibility index (Phi) is 3.49. The van der Waals surface area contributed by atoms with Gasteiger partial charge in [0.2, 0.25) is 6.79 Å². The number of hydrogen-bond donors (Lipinski definition) is 0. The quantitative estimate of drug-likeness (QED) is 0.722. The van der Waals surface area contributed by atoms with Gasteiger partial charge in [-0.2, -0.15) is 0 Å². The number of hydrogen-bond acceptors (Lipinski definition) is 5. The summed E-state index contributed by atoms with van der Waals surface area (Å²) in [5, 5.41) is 1.03.